The van der Waals surface area contributed by atoms with Crippen LogP contribution >= 0.6 is 11.8 Å². The van der Waals surface area contributed by atoms with Gasteiger partial charge in [0.15, 0.2) is 10.9 Å². The Balaban J connectivity index is 1.80. The fourth-order valence-corrected chi connectivity index (χ4v) is 4.10. The van der Waals surface area contributed by atoms with Gasteiger partial charge in [0.05, 0.1) is 11.6 Å². The number of thioether (sulfide) groups is 1. The van der Waals surface area contributed by atoms with E-state index in [4.69, 9.17) is 0 Å². The van der Waals surface area contributed by atoms with Crippen molar-refractivity contribution in [2.24, 2.45) is 5.92 Å². The average molecular weight is 413 g/mol. The largest absolute Gasteiger partial charge is 0.573 e. The molecule has 1 aliphatic heterocycles. The fourth-order valence-electron chi connectivity index (χ4n) is 2.98. The van der Waals surface area contributed by atoms with Crippen LogP contribution in [0.15, 0.2) is 34.2 Å². The summed E-state index contributed by atoms with van der Waals surface area (Å²) in [5.74, 6) is -1.20. The van der Waals surface area contributed by atoms with Crippen LogP contribution in [0.25, 0.3) is 0 Å². The van der Waals surface area contributed by atoms with Crippen LogP contribution in [0.1, 0.15) is 18.2 Å². The molecule has 0 fully saturated rings. The molecule has 3 rings (SSSR count). The molecule has 0 bridgehead atoms. The Morgan fingerprint density at radius 1 is 1.39 bits per heavy atom. The Labute approximate surface area is 163 Å². The lowest BCUT2D eigenvalue weighted by Crippen LogP contribution is -2.38. The molecule has 0 saturated carbocycles. The summed E-state index contributed by atoms with van der Waals surface area (Å²) in [7, 11) is 0. The molecule has 0 radical (unpaired) electrons. The maximum Gasteiger partial charge on any atom is 0.573 e. The zero-order valence-electron chi connectivity index (χ0n) is 15.2. The average Bonchev–Trinajstić information content (AvgIpc) is 2.62. The van der Waals surface area contributed by atoms with E-state index >= 15 is 0 Å². The number of nitrogens with zero attached hydrogens (tertiary/aromatic N) is 2. The number of amides is 1. The number of halogens is 3. The highest BCUT2D eigenvalue weighted by Gasteiger charge is 2.33. The van der Waals surface area contributed by atoms with Crippen molar-refractivity contribution in [3.8, 4) is 5.75 Å². The van der Waals surface area contributed by atoms with E-state index < -0.39 is 23.9 Å². The molecular formula is C18H18F3N3O3S. The number of para-hydroxylation sites is 2. The standard InChI is InChI=1S/C18H18F3N3O3S/c1-3-12-10(2)22-17-24(16(12)26)8-11(9-28-17)15(25)23-13-6-4-5-7-14(13)27-18(19,20)21/h4-7,11H,3,8-9H2,1-2H3,(H,23,25). The second-order valence-electron chi connectivity index (χ2n) is 6.27. The van der Waals surface area contributed by atoms with Crippen LogP contribution in [-0.2, 0) is 17.8 Å². The molecule has 6 nitrogen and oxygen atoms in total. The number of aryl methyl sites for hydroxylation is 1. The number of fused-ring (bicyclic) bond motifs is 1. The Morgan fingerprint density at radius 2 is 2.11 bits per heavy atom. The van der Waals surface area contributed by atoms with Crippen molar-refractivity contribution < 1.29 is 22.7 Å². The number of aromatic nitrogens is 2. The van der Waals surface area contributed by atoms with E-state index in [0.29, 0.717) is 28.6 Å². The molecule has 1 aromatic carbocycles. The van der Waals surface area contributed by atoms with E-state index in [-0.39, 0.29) is 17.8 Å². The minimum absolute atomic E-state index is 0.0794. The molecule has 1 unspecified atom stereocenters. The Bertz CT molecular complexity index is 959. The van der Waals surface area contributed by atoms with E-state index in [2.05, 4.69) is 15.0 Å². The van der Waals surface area contributed by atoms with Gasteiger partial charge in [0.1, 0.15) is 0 Å². The van der Waals surface area contributed by atoms with Crippen LogP contribution in [-0.4, -0.2) is 27.6 Å². The monoisotopic (exact) mass is 413 g/mol. The first kappa shape index (κ1) is 20.2. The normalized spacial score (nSPS) is 16.4. The molecule has 1 atom stereocenters. The summed E-state index contributed by atoms with van der Waals surface area (Å²) in [5.41, 5.74) is 1.00. The Kier molecular flexibility index (Phi) is 5.69. The molecule has 0 saturated heterocycles. The van der Waals surface area contributed by atoms with E-state index in [0.717, 1.165) is 6.07 Å². The van der Waals surface area contributed by atoms with Crippen molar-refractivity contribution in [3.05, 3.63) is 45.9 Å². The van der Waals surface area contributed by atoms with E-state index in [1.165, 1.54) is 34.5 Å². The number of anilines is 1. The van der Waals surface area contributed by atoms with Gasteiger partial charge in [0.2, 0.25) is 5.91 Å². The number of ether oxygens (including phenoxy) is 1. The third-order valence-corrected chi connectivity index (χ3v) is 5.48. The molecule has 1 N–H and O–H groups in total. The second-order valence-corrected chi connectivity index (χ2v) is 7.26. The molecule has 10 heteroatoms. The van der Waals surface area contributed by atoms with Crippen LogP contribution in [0.4, 0.5) is 18.9 Å². The zero-order valence-corrected chi connectivity index (χ0v) is 16.0. The zero-order chi connectivity index (χ0) is 20.5. The van der Waals surface area contributed by atoms with Gasteiger partial charge in [-0.05, 0) is 25.5 Å². The van der Waals surface area contributed by atoms with E-state index in [1.54, 1.807) is 6.92 Å². The number of carbonyl (C=O) groups excluding carboxylic acids is 1. The van der Waals surface area contributed by atoms with Gasteiger partial charge in [-0.15, -0.1) is 13.2 Å². The van der Waals surface area contributed by atoms with E-state index in [1.807, 2.05) is 6.92 Å². The Hall–Kier alpha value is -2.49. The molecule has 1 aliphatic rings. The summed E-state index contributed by atoms with van der Waals surface area (Å²) in [6, 6.07) is 5.33. The van der Waals surface area contributed by atoms with Crippen LogP contribution in [0.2, 0.25) is 0 Å². The summed E-state index contributed by atoms with van der Waals surface area (Å²) >= 11 is 1.28. The molecule has 28 heavy (non-hydrogen) atoms. The summed E-state index contributed by atoms with van der Waals surface area (Å²) in [6.07, 6.45) is -4.34. The molecular weight excluding hydrogens is 395 g/mol. The van der Waals surface area contributed by atoms with Crippen LogP contribution in [0.5, 0.6) is 5.75 Å². The second kappa shape index (κ2) is 7.86. The van der Waals surface area contributed by atoms with Crippen LogP contribution in [0, 0.1) is 12.8 Å². The first-order valence-electron chi connectivity index (χ1n) is 8.58. The van der Waals surface area contributed by atoms with Gasteiger partial charge in [-0.3, -0.25) is 14.2 Å². The number of nitrogens with one attached hydrogen (secondary N) is 1. The minimum atomic E-state index is -4.87. The van der Waals surface area contributed by atoms with Gasteiger partial charge in [-0.2, -0.15) is 0 Å². The summed E-state index contributed by atoms with van der Waals surface area (Å²) < 4.78 is 43.0. The van der Waals surface area contributed by atoms with Crippen LogP contribution in [0.3, 0.4) is 0 Å². The smallest absolute Gasteiger partial charge is 0.404 e. The lowest BCUT2D eigenvalue weighted by atomic mass is 10.1. The number of benzene rings is 1. The van der Waals surface area contributed by atoms with Crippen molar-refractivity contribution in [1.82, 2.24) is 9.55 Å². The van der Waals surface area contributed by atoms with Gasteiger partial charge < -0.3 is 10.1 Å². The van der Waals surface area contributed by atoms with Crippen LogP contribution < -0.4 is 15.6 Å². The quantitative estimate of drug-likeness (QED) is 0.778. The molecule has 150 valence electrons. The number of hydrogen-bond acceptors (Lipinski definition) is 5. The number of hydrogen-bond donors (Lipinski definition) is 1. The number of rotatable bonds is 4. The molecule has 2 aromatic rings. The molecule has 1 aromatic heterocycles. The van der Waals surface area contributed by atoms with Crippen molar-refractivity contribution >= 4 is 23.4 Å². The summed E-state index contributed by atoms with van der Waals surface area (Å²) in [5, 5.41) is 3.03. The van der Waals surface area contributed by atoms with Gasteiger partial charge >= 0.3 is 6.36 Å². The number of carbonyl (C=O) groups is 1. The maximum atomic E-state index is 12.6. The highest BCUT2D eigenvalue weighted by Crippen LogP contribution is 2.31. The number of alkyl halides is 3. The van der Waals surface area contributed by atoms with Gasteiger partial charge in [0, 0.05) is 23.6 Å². The topological polar surface area (TPSA) is 73.2 Å². The third-order valence-electron chi connectivity index (χ3n) is 4.35. The first-order valence-corrected chi connectivity index (χ1v) is 9.57. The van der Waals surface area contributed by atoms with Crippen molar-refractivity contribution in [2.75, 3.05) is 11.1 Å². The fraction of sp³-hybridized carbons (Fsp3) is 0.389. The molecule has 1 amide bonds. The highest BCUT2D eigenvalue weighted by molar-refractivity contribution is 7.99. The molecule has 0 spiro atoms. The van der Waals surface area contributed by atoms with Crippen molar-refractivity contribution in [2.45, 2.75) is 38.3 Å². The Morgan fingerprint density at radius 3 is 2.79 bits per heavy atom. The van der Waals surface area contributed by atoms with Gasteiger partial charge in [-0.1, -0.05) is 30.8 Å². The third kappa shape index (κ3) is 4.32. The van der Waals surface area contributed by atoms with Gasteiger partial charge in [0.25, 0.3) is 5.56 Å². The predicted octanol–water partition coefficient (Wildman–Crippen LogP) is 3.37. The lowest BCUT2D eigenvalue weighted by molar-refractivity contribution is -0.274. The van der Waals surface area contributed by atoms with Crippen molar-refractivity contribution in [3.63, 3.8) is 0 Å². The van der Waals surface area contributed by atoms with Crippen molar-refractivity contribution in [1.29, 1.82) is 0 Å². The SMILES string of the molecule is CCc1c(C)nc2n(c1=O)CC(C(=O)Nc1ccccc1OC(F)(F)F)CS2. The highest BCUT2D eigenvalue weighted by atomic mass is 32.2. The molecule has 2 heterocycles. The predicted molar refractivity (Wildman–Crippen MR) is 98.6 cm³/mol. The van der Waals surface area contributed by atoms with Gasteiger partial charge in [-0.25, -0.2) is 4.98 Å². The minimum Gasteiger partial charge on any atom is -0.404 e. The molecule has 0 aliphatic carbocycles. The van der Waals surface area contributed by atoms with E-state index in [9.17, 15) is 22.8 Å². The summed E-state index contributed by atoms with van der Waals surface area (Å²) in [4.78, 5) is 29.7. The summed E-state index contributed by atoms with van der Waals surface area (Å²) in [6.45, 7) is 3.75. The lowest BCUT2D eigenvalue weighted by Gasteiger charge is -2.25. The first-order chi connectivity index (χ1) is 13.2. The maximum absolute atomic E-state index is 12.6.